The van der Waals surface area contributed by atoms with Crippen LogP contribution in [0.5, 0.6) is 0 Å². The molecule has 3 heteroatoms. The summed E-state index contributed by atoms with van der Waals surface area (Å²) < 4.78 is 0. The number of rotatable bonds is 7. The molecule has 1 atom stereocenters. The normalized spacial score (nSPS) is 14.8. The summed E-state index contributed by atoms with van der Waals surface area (Å²) in [7, 11) is 0. The second-order valence-electron chi connectivity index (χ2n) is 4.75. The smallest absolute Gasteiger partial charge is 0.0718 e. The first-order valence-corrected chi connectivity index (χ1v) is 5.48. The van der Waals surface area contributed by atoms with Crippen molar-refractivity contribution in [3.05, 3.63) is 0 Å². The Labute approximate surface area is 87.7 Å². The van der Waals surface area contributed by atoms with Crippen LogP contribution < -0.4 is 0 Å². The minimum atomic E-state index is -0.678. The van der Waals surface area contributed by atoms with Gasteiger partial charge in [-0.05, 0) is 33.7 Å². The third kappa shape index (κ3) is 8.48. The molecule has 0 aromatic rings. The van der Waals surface area contributed by atoms with Gasteiger partial charge < -0.3 is 10.2 Å². The fourth-order valence-electron chi connectivity index (χ4n) is 1.54. The van der Waals surface area contributed by atoms with Gasteiger partial charge in [0.05, 0.1) is 11.7 Å². The SMILES string of the molecule is CCCCN(C[C@H](C)O)CC(C)(C)O. The van der Waals surface area contributed by atoms with Crippen LogP contribution >= 0.6 is 0 Å². The highest BCUT2D eigenvalue weighted by Crippen LogP contribution is 2.07. The maximum absolute atomic E-state index is 9.68. The molecule has 0 aromatic carbocycles. The lowest BCUT2D eigenvalue weighted by atomic mass is 10.1. The van der Waals surface area contributed by atoms with Crippen molar-refractivity contribution in [2.75, 3.05) is 19.6 Å². The molecule has 0 rings (SSSR count). The lowest BCUT2D eigenvalue weighted by molar-refractivity contribution is 0.0209. The van der Waals surface area contributed by atoms with Crippen molar-refractivity contribution in [3.8, 4) is 0 Å². The molecule has 0 aliphatic carbocycles. The van der Waals surface area contributed by atoms with Crippen molar-refractivity contribution in [2.45, 2.75) is 52.2 Å². The molecule has 0 amide bonds. The highest BCUT2D eigenvalue weighted by atomic mass is 16.3. The first kappa shape index (κ1) is 13.9. The van der Waals surface area contributed by atoms with Gasteiger partial charge in [-0.1, -0.05) is 13.3 Å². The standard InChI is InChI=1S/C11H25NO2/c1-5-6-7-12(8-10(2)13)9-11(3,4)14/h10,13-14H,5-9H2,1-4H3/t10-/m0/s1. The van der Waals surface area contributed by atoms with E-state index < -0.39 is 5.60 Å². The van der Waals surface area contributed by atoms with Gasteiger partial charge in [-0.15, -0.1) is 0 Å². The highest BCUT2D eigenvalue weighted by molar-refractivity contribution is 4.73. The van der Waals surface area contributed by atoms with Crippen molar-refractivity contribution >= 4 is 0 Å². The average Bonchev–Trinajstić information content (AvgIpc) is 1.96. The summed E-state index contributed by atoms with van der Waals surface area (Å²) >= 11 is 0. The number of nitrogens with zero attached hydrogens (tertiary/aromatic N) is 1. The van der Waals surface area contributed by atoms with E-state index in [1.54, 1.807) is 20.8 Å². The minimum absolute atomic E-state index is 0.325. The van der Waals surface area contributed by atoms with E-state index in [0.29, 0.717) is 13.1 Å². The fourth-order valence-corrected chi connectivity index (χ4v) is 1.54. The third-order valence-electron chi connectivity index (χ3n) is 1.96. The number of hydrogen-bond acceptors (Lipinski definition) is 3. The Morgan fingerprint density at radius 2 is 1.93 bits per heavy atom. The average molecular weight is 203 g/mol. The molecule has 0 spiro atoms. The van der Waals surface area contributed by atoms with Gasteiger partial charge in [0, 0.05) is 13.1 Å². The van der Waals surface area contributed by atoms with Gasteiger partial charge in [0.25, 0.3) is 0 Å². The van der Waals surface area contributed by atoms with Crippen molar-refractivity contribution in [1.82, 2.24) is 4.90 Å². The van der Waals surface area contributed by atoms with Crippen LogP contribution in [-0.4, -0.2) is 46.5 Å². The first-order valence-electron chi connectivity index (χ1n) is 5.48. The number of aliphatic hydroxyl groups excluding tert-OH is 1. The number of unbranched alkanes of at least 4 members (excludes halogenated alkanes) is 1. The largest absolute Gasteiger partial charge is 0.392 e. The number of aliphatic hydroxyl groups is 2. The summed E-state index contributed by atoms with van der Waals surface area (Å²) in [5.41, 5.74) is -0.678. The van der Waals surface area contributed by atoms with Crippen LogP contribution in [0.1, 0.15) is 40.5 Å². The van der Waals surface area contributed by atoms with Gasteiger partial charge >= 0.3 is 0 Å². The Bertz CT molecular complexity index is 141. The summed E-state index contributed by atoms with van der Waals surface area (Å²) in [5.74, 6) is 0. The van der Waals surface area contributed by atoms with Crippen LogP contribution in [0.3, 0.4) is 0 Å². The zero-order valence-corrected chi connectivity index (χ0v) is 9.95. The van der Waals surface area contributed by atoms with E-state index in [-0.39, 0.29) is 6.10 Å². The molecular formula is C11H25NO2. The van der Waals surface area contributed by atoms with Crippen molar-refractivity contribution in [3.63, 3.8) is 0 Å². The van der Waals surface area contributed by atoms with Gasteiger partial charge in [0.2, 0.25) is 0 Å². The van der Waals surface area contributed by atoms with E-state index in [1.807, 2.05) is 0 Å². The predicted molar refractivity (Wildman–Crippen MR) is 59.3 cm³/mol. The van der Waals surface area contributed by atoms with Crippen molar-refractivity contribution in [1.29, 1.82) is 0 Å². The molecule has 0 saturated carbocycles. The summed E-state index contributed by atoms with van der Waals surface area (Å²) in [5, 5.41) is 19.0. The van der Waals surface area contributed by atoms with Crippen LogP contribution in [0.4, 0.5) is 0 Å². The number of hydrogen-bond donors (Lipinski definition) is 2. The van der Waals surface area contributed by atoms with Gasteiger partial charge in [-0.3, -0.25) is 4.90 Å². The molecule has 0 fully saturated rings. The van der Waals surface area contributed by atoms with E-state index in [2.05, 4.69) is 11.8 Å². The zero-order valence-electron chi connectivity index (χ0n) is 9.95. The molecule has 86 valence electrons. The van der Waals surface area contributed by atoms with Gasteiger partial charge in [-0.25, -0.2) is 0 Å². The molecule has 0 unspecified atom stereocenters. The Morgan fingerprint density at radius 3 is 2.29 bits per heavy atom. The van der Waals surface area contributed by atoms with Crippen LogP contribution in [0, 0.1) is 0 Å². The summed E-state index contributed by atoms with van der Waals surface area (Å²) in [6, 6.07) is 0. The molecule has 0 bridgehead atoms. The molecule has 0 radical (unpaired) electrons. The van der Waals surface area contributed by atoms with E-state index in [9.17, 15) is 10.2 Å². The Kier molecular flexibility index (Phi) is 6.33. The van der Waals surface area contributed by atoms with Gasteiger partial charge in [0.1, 0.15) is 0 Å². The molecule has 0 aromatic heterocycles. The zero-order chi connectivity index (χ0) is 11.2. The molecule has 0 heterocycles. The lowest BCUT2D eigenvalue weighted by Crippen LogP contribution is -2.42. The maximum Gasteiger partial charge on any atom is 0.0718 e. The third-order valence-corrected chi connectivity index (χ3v) is 1.96. The molecule has 3 nitrogen and oxygen atoms in total. The van der Waals surface area contributed by atoms with Crippen molar-refractivity contribution in [2.24, 2.45) is 0 Å². The Morgan fingerprint density at radius 1 is 1.36 bits per heavy atom. The summed E-state index contributed by atoms with van der Waals surface area (Å²) in [4.78, 5) is 2.12. The second-order valence-corrected chi connectivity index (χ2v) is 4.75. The predicted octanol–water partition coefficient (Wildman–Crippen LogP) is 1.24. The second kappa shape index (κ2) is 6.38. The monoisotopic (exact) mass is 203 g/mol. The summed E-state index contributed by atoms with van der Waals surface area (Å²) in [6.07, 6.45) is 1.93. The van der Waals surface area contributed by atoms with Crippen LogP contribution in [0.15, 0.2) is 0 Å². The molecule has 0 saturated heterocycles. The molecule has 2 N–H and O–H groups in total. The molecular weight excluding hydrogens is 178 g/mol. The van der Waals surface area contributed by atoms with E-state index in [1.165, 1.54) is 0 Å². The van der Waals surface area contributed by atoms with Gasteiger partial charge in [0.15, 0.2) is 0 Å². The topological polar surface area (TPSA) is 43.7 Å². The molecule has 0 aliphatic rings. The van der Waals surface area contributed by atoms with Crippen molar-refractivity contribution < 1.29 is 10.2 Å². The lowest BCUT2D eigenvalue weighted by Gasteiger charge is -2.29. The fraction of sp³-hybridized carbons (Fsp3) is 1.00. The van der Waals surface area contributed by atoms with Crippen LogP contribution in [0.25, 0.3) is 0 Å². The Balaban J connectivity index is 3.97. The molecule has 0 aliphatic heterocycles. The quantitative estimate of drug-likeness (QED) is 0.654. The molecule has 14 heavy (non-hydrogen) atoms. The maximum atomic E-state index is 9.68. The minimum Gasteiger partial charge on any atom is -0.392 e. The van der Waals surface area contributed by atoms with Crippen LogP contribution in [-0.2, 0) is 0 Å². The first-order chi connectivity index (χ1) is 6.35. The van der Waals surface area contributed by atoms with Crippen LogP contribution in [0.2, 0.25) is 0 Å². The summed E-state index contributed by atoms with van der Waals surface area (Å²) in [6.45, 7) is 9.74. The highest BCUT2D eigenvalue weighted by Gasteiger charge is 2.18. The van der Waals surface area contributed by atoms with E-state index in [0.717, 1.165) is 19.4 Å². The van der Waals surface area contributed by atoms with E-state index >= 15 is 0 Å². The Hall–Kier alpha value is -0.120. The van der Waals surface area contributed by atoms with E-state index in [4.69, 9.17) is 0 Å². The van der Waals surface area contributed by atoms with Gasteiger partial charge in [-0.2, -0.15) is 0 Å².